The molecule has 0 radical (unpaired) electrons. The number of rotatable bonds is 5. The molecule has 2 rings (SSSR count). The van der Waals surface area contributed by atoms with Crippen LogP contribution in [0.25, 0.3) is 0 Å². The molecule has 1 aromatic rings. The first-order chi connectivity index (χ1) is 10.0. The lowest BCUT2D eigenvalue weighted by atomic mass is 9.79. The lowest BCUT2D eigenvalue weighted by Gasteiger charge is -2.33. The van der Waals surface area contributed by atoms with Crippen LogP contribution in [0.15, 0.2) is 18.2 Å². The van der Waals surface area contributed by atoms with Gasteiger partial charge in [-0.05, 0) is 44.1 Å². The van der Waals surface area contributed by atoms with Crippen molar-refractivity contribution >= 4 is 11.4 Å². The molecule has 116 valence electrons. The smallest absolute Gasteiger partial charge is 0.311 e. The van der Waals surface area contributed by atoms with Gasteiger partial charge in [0, 0.05) is 23.9 Å². The average molecular weight is 292 g/mol. The van der Waals surface area contributed by atoms with E-state index in [2.05, 4.69) is 19.2 Å². The summed E-state index contributed by atoms with van der Waals surface area (Å²) in [5, 5.41) is 14.5. The van der Waals surface area contributed by atoms with Crippen molar-refractivity contribution in [2.75, 3.05) is 11.9 Å². The van der Waals surface area contributed by atoms with Gasteiger partial charge in [0.2, 0.25) is 0 Å². The third-order valence-corrected chi connectivity index (χ3v) is 4.43. The summed E-state index contributed by atoms with van der Waals surface area (Å²) in [7, 11) is 0. The highest BCUT2D eigenvalue weighted by molar-refractivity contribution is 5.58. The highest BCUT2D eigenvalue weighted by atomic mass is 16.6. The topological polar surface area (TPSA) is 64.4 Å². The van der Waals surface area contributed by atoms with E-state index in [-0.39, 0.29) is 5.69 Å². The zero-order valence-electron chi connectivity index (χ0n) is 13.0. The maximum atomic E-state index is 11.0. The second kappa shape index (κ2) is 6.78. The number of ether oxygens (including phenoxy) is 1. The molecule has 1 aliphatic carbocycles. The maximum Gasteiger partial charge on any atom is 0.311 e. The van der Waals surface area contributed by atoms with E-state index in [0.29, 0.717) is 24.3 Å². The number of nitro benzene ring substituents is 1. The van der Waals surface area contributed by atoms with Crippen LogP contribution in [-0.2, 0) is 0 Å². The van der Waals surface area contributed by atoms with Crippen molar-refractivity contribution in [2.24, 2.45) is 11.8 Å². The third kappa shape index (κ3) is 3.86. The Kier molecular flexibility index (Phi) is 5.04. The Bertz CT molecular complexity index is 504. The van der Waals surface area contributed by atoms with Crippen molar-refractivity contribution in [1.29, 1.82) is 0 Å². The van der Waals surface area contributed by atoms with Crippen LogP contribution in [0.5, 0.6) is 5.75 Å². The van der Waals surface area contributed by atoms with E-state index in [9.17, 15) is 10.1 Å². The summed E-state index contributed by atoms with van der Waals surface area (Å²) in [6, 6.07) is 5.46. The summed E-state index contributed by atoms with van der Waals surface area (Å²) in [6.45, 7) is 6.84. The predicted molar refractivity (Wildman–Crippen MR) is 83.9 cm³/mol. The Labute approximate surface area is 125 Å². The molecule has 0 heterocycles. The van der Waals surface area contributed by atoms with Crippen molar-refractivity contribution in [3.63, 3.8) is 0 Å². The van der Waals surface area contributed by atoms with Gasteiger partial charge in [0.15, 0.2) is 5.75 Å². The van der Waals surface area contributed by atoms with E-state index in [4.69, 9.17) is 4.74 Å². The minimum Gasteiger partial charge on any atom is -0.487 e. The maximum absolute atomic E-state index is 11.0. The molecule has 0 saturated heterocycles. The van der Waals surface area contributed by atoms with Gasteiger partial charge in [-0.2, -0.15) is 0 Å². The van der Waals surface area contributed by atoms with Crippen LogP contribution in [0.2, 0.25) is 0 Å². The molecule has 1 aromatic carbocycles. The quantitative estimate of drug-likeness (QED) is 0.651. The lowest BCUT2D eigenvalue weighted by Crippen LogP contribution is -2.30. The van der Waals surface area contributed by atoms with Gasteiger partial charge in [-0.1, -0.05) is 13.8 Å². The molecule has 5 nitrogen and oxygen atoms in total. The van der Waals surface area contributed by atoms with Crippen molar-refractivity contribution in [3.05, 3.63) is 28.3 Å². The molecule has 0 aliphatic heterocycles. The van der Waals surface area contributed by atoms with Crippen LogP contribution >= 0.6 is 0 Å². The van der Waals surface area contributed by atoms with E-state index in [1.807, 2.05) is 6.92 Å². The van der Waals surface area contributed by atoms with Crippen molar-refractivity contribution < 1.29 is 9.66 Å². The largest absolute Gasteiger partial charge is 0.487 e. The summed E-state index contributed by atoms with van der Waals surface area (Å²) >= 11 is 0. The predicted octanol–water partition coefficient (Wildman–Crippen LogP) is 4.23. The van der Waals surface area contributed by atoms with Gasteiger partial charge in [0.05, 0.1) is 11.5 Å². The van der Waals surface area contributed by atoms with E-state index in [1.54, 1.807) is 12.1 Å². The monoisotopic (exact) mass is 292 g/mol. The molecule has 1 aliphatic rings. The van der Waals surface area contributed by atoms with Crippen LogP contribution in [0.4, 0.5) is 11.4 Å². The second-order valence-corrected chi connectivity index (χ2v) is 5.98. The minimum absolute atomic E-state index is 0.0213. The van der Waals surface area contributed by atoms with Crippen LogP contribution in [0.1, 0.15) is 40.0 Å². The molecule has 1 N–H and O–H groups in total. The average Bonchev–Trinajstić information content (AvgIpc) is 2.43. The van der Waals surface area contributed by atoms with Gasteiger partial charge in [-0.25, -0.2) is 0 Å². The molecule has 0 spiro atoms. The molecule has 1 saturated carbocycles. The Hall–Kier alpha value is -1.78. The van der Waals surface area contributed by atoms with E-state index >= 15 is 0 Å². The van der Waals surface area contributed by atoms with Gasteiger partial charge in [0.25, 0.3) is 0 Å². The SMILES string of the molecule is CCOc1cc(NC2CCC(C)C(C)C2)ccc1[N+](=O)[O-]. The second-order valence-electron chi connectivity index (χ2n) is 5.98. The van der Waals surface area contributed by atoms with Gasteiger partial charge in [-0.15, -0.1) is 0 Å². The van der Waals surface area contributed by atoms with E-state index in [1.165, 1.54) is 12.5 Å². The number of benzene rings is 1. The van der Waals surface area contributed by atoms with Crippen LogP contribution < -0.4 is 10.1 Å². The van der Waals surface area contributed by atoms with Crippen LogP contribution in [-0.4, -0.2) is 17.6 Å². The van der Waals surface area contributed by atoms with Gasteiger partial charge in [-0.3, -0.25) is 10.1 Å². The number of hydrogen-bond acceptors (Lipinski definition) is 4. The van der Waals surface area contributed by atoms with Crippen molar-refractivity contribution in [2.45, 2.75) is 46.1 Å². The summed E-state index contributed by atoms with van der Waals surface area (Å²) in [5.41, 5.74) is 0.920. The Morgan fingerprint density at radius 3 is 2.71 bits per heavy atom. The third-order valence-electron chi connectivity index (χ3n) is 4.43. The van der Waals surface area contributed by atoms with Gasteiger partial charge >= 0.3 is 5.69 Å². The number of nitro groups is 1. The number of anilines is 1. The lowest BCUT2D eigenvalue weighted by molar-refractivity contribution is -0.385. The van der Waals surface area contributed by atoms with Gasteiger partial charge < -0.3 is 10.1 Å². The number of hydrogen-bond donors (Lipinski definition) is 1. The first-order valence-electron chi connectivity index (χ1n) is 7.69. The Morgan fingerprint density at radius 2 is 2.10 bits per heavy atom. The van der Waals surface area contributed by atoms with E-state index < -0.39 is 4.92 Å². The first-order valence-corrected chi connectivity index (χ1v) is 7.69. The molecule has 3 atom stereocenters. The zero-order chi connectivity index (χ0) is 15.4. The highest BCUT2D eigenvalue weighted by Gasteiger charge is 2.25. The Balaban J connectivity index is 2.10. The number of nitrogens with zero attached hydrogens (tertiary/aromatic N) is 1. The zero-order valence-corrected chi connectivity index (χ0v) is 13.0. The molecule has 5 heteroatoms. The molecule has 0 aromatic heterocycles. The fourth-order valence-electron chi connectivity index (χ4n) is 2.94. The van der Waals surface area contributed by atoms with Crippen LogP contribution in [0, 0.1) is 22.0 Å². The Morgan fingerprint density at radius 1 is 1.33 bits per heavy atom. The van der Waals surface area contributed by atoms with Gasteiger partial charge in [0.1, 0.15) is 0 Å². The summed E-state index contributed by atoms with van der Waals surface area (Å²) < 4.78 is 5.38. The molecule has 3 unspecified atom stereocenters. The highest BCUT2D eigenvalue weighted by Crippen LogP contribution is 2.34. The fraction of sp³-hybridized carbons (Fsp3) is 0.625. The normalized spacial score (nSPS) is 25.4. The van der Waals surface area contributed by atoms with Crippen LogP contribution in [0.3, 0.4) is 0 Å². The molecule has 0 amide bonds. The molecular weight excluding hydrogens is 268 g/mol. The molecule has 1 fully saturated rings. The summed E-state index contributed by atoms with van der Waals surface area (Å²) in [4.78, 5) is 10.6. The van der Waals surface area contributed by atoms with E-state index in [0.717, 1.165) is 24.4 Å². The van der Waals surface area contributed by atoms with Crippen molar-refractivity contribution in [1.82, 2.24) is 0 Å². The standard InChI is InChI=1S/C16H24N2O3/c1-4-21-16-10-14(7-8-15(16)18(19)20)17-13-6-5-11(2)12(3)9-13/h7-8,10-13,17H,4-6,9H2,1-3H3. The minimum atomic E-state index is -0.404. The summed E-state index contributed by atoms with van der Waals surface area (Å²) in [5.74, 6) is 1.82. The molecular formula is C16H24N2O3. The fourth-order valence-corrected chi connectivity index (χ4v) is 2.94. The first kappa shape index (κ1) is 15.6. The number of nitrogens with one attached hydrogen (secondary N) is 1. The summed E-state index contributed by atoms with van der Waals surface area (Å²) in [6.07, 6.45) is 3.51. The molecule has 21 heavy (non-hydrogen) atoms. The van der Waals surface area contributed by atoms with Crippen molar-refractivity contribution in [3.8, 4) is 5.75 Å². The molecule has 0 bridgehead atoms.